The molecule has 5 rings (SSSR count). The minimum Gasteiger partial charge on any atom is -0.329 e. The fourth-order valence-corrected chi connectivity index (χ4v) is 4.98. The Balaban J connectivity index is 1.63. The maximum Gasteiger partial charge on any atom is 0.434 e. The zero-order valence-corrected chi connectivity index (χ0v) is 17.6. The van der Waals surface area contributed by atoms with Crippen molar-refractivity contribution < 1.29 is 26.2 Å². The maximum absolute atomic E-state index is 15.1. The van der Waals surface area contributed by atoms with Crippen molar-refractivity contribution in [2.24, 2.45) is 0 Å². The van der Waals surface area contributed by atoms with E-state index in [1.54, 1.807) is 6.20 Å². The summed E-state index contributed by atoms with van der Waals surface area (Å²) in [6.45, 7) is 0.217. The molecule has 11 heteroatoms. The molecule has 5 nitrogen and oxygen atoms in total. The molecule has 3 aromatic heterocycles. The van der Waals surface area contributed by atoms with Crippen molar-refractivity contribution in [3.8, 4) is 11.3 Å². The van der Waals surface area contributed by atoms with E-state index in [4.69, 9.17) is 0 Å². The van der Waals surface area contributed by atoms with Gasteiger partial charge in [-0.3, -0.25) is 0 Å². The molecule has 3 heterocycles. The molecule has 0 radical (unpaired) electrons. The predicted octanol–water partition coefficient (Wildman–Crippen LogP) is 5.04. The number of fused-ring (bicyclic) bond motifs is 1. The van der Waals surface area contributed by atoms with Gasteiger partial charge in [0.2, 0.25) is 0 Å². The number of hydrogen-bond donors (Lipinski definition) is 1. The van der Waals surface area contributed by atoms with Crippen molar-refractivity contribution >= 4 is 22.0 Å². The average molecular weight is 470 g/mol. The van der Waals surface area contributed by atoms with Gasteiger partial charge in [-0.05, 0) is 49.8 Å². The smallest absolute Gasteiger partial charge is 0.329 e. The van der Waals surface area contributed by atoms with Gasteiger partial charge in [-0.15, -0.1) is 0 Å². The summed E-state index contributed by atoms with van der Waals surface area (Å²) in [5, 5.41) is 0.550. The first-order chi connectivity index (χ1) is 15.2. The van der Waals surface area contributed by atoms with Crippen molar-refractivity contribution in [3.63, 3.8) is 0 Å². The van der Waals surface area contributed by atoms with Crippen molar-refractivity contribution in [1.82, 2.24) is 19.3 Å². The van der Waals surface area contributed by atoms with Crippen LogP contribution in [-0.2, 0) is 23.7 Å². The first-order valence-electron chi connectivity index (χ1n) is 10.3. The second kappa shape index (κ2) is 7.87. The van der Waals surface area contributed by atoms with Gasteiger partial charge in [0.05, 0.1) is 17.2 Å². The summed E-state index contributed by atoms with van der Waals surface area (Å²) < 4.78 is 86.1. The largest absolute Gasteiger partial charge is 0.434 e. The second-order valence-electron chi connectivity index (χ2n) is 8.20. The number of halogens is 5. The molecule has 2 fully saturated rings. The summed E-state index contributed by atoms with van der Waals surface area (Å²) >= 11 is 0. The Morgan fingerprint density at radius 2 is 1.91 bits per heavy atom. The van der Waals surface area contributed by atoms with Crippen LogP contribution in [-0.4, -0.2) is 24.0 Å². The molecule has 1 N–H and O–H groups in total. The van der Waals surface area contributed by atoms with E-state index < -0.39 is 45.7 Å². The van der Waals surface area contributed by atoms with Gasteiger partial charge in [0.1, 0.15) is 23.0 Å². The number of aromatic nitrogens is 3. The molecule has 0 aliphatic heterocycles. The van der Waals surface area contributed by atoms with Crippen molar-refractivity contribution in [1.29, 1.82) is 0 Å². The van der Waals surface area contributed by atoms with Gasteiger partial charge in [-0.2, -0.15) is 13.2 Å². The van der Waals surface area contributed by atoms with Crippen molar-refractivity contribution in [2.45, 2.75) is 56.1 Å². The number of alkyl halides is 3. The van der Waals surface area contributed by atoms with Crippen LogP contribution >= 0.6 is 0 Å². The molecule has 2 saturated carbocycles. The SMILES string of the molecule is O=S(NCc1cn(C2CCC2)c2nc(-c3cc(F)cnc3C(F)(F)F)c(F)cc12)C1CC1. The Hall–Kier alpha value is -2.40. The molecular weight excluding hydrogens is 451 g/mol. The lowest BCUT2D eigenvalue weighted by Crippen LogP contribution is -2.20. The van der Waals surface area contributed by atoms with E-state index in [0.29, 0.717) is 28.9 Å². The first-order valence-corrected chi connectivity index (χ1v) is 11.5. The van der Waals surface area contributed by atoms with Gasteiger partial charge < -0.3 is 4.57 Å². The molecule has 0 spiro atoms. The van der Waals surface area contributed by atoms with Crippen LogP contribution in [0.3, 0.4) is 0 Å². The second-order valence-corrected chi connectivity index (χ2v) is 9.75. The highest BCUT2D eigenvalue weighted by molar-refractivity contribution is 7.83. The Bertz CT molecular complexity index is 1220. The quantitative estimate of drug-likeness (QED) is 0.514. The van der Waals surface area contributed by atoms with Crippen LogP contribution in [0.2, 0.25) is 0 Å². The lowest BCUT2D eigenvalue weighted by atomic mass is 9.93. The normalized spacial score (nSPS) is 18.2. The summed E-state index contributed by atoms with van der Waals surface area (Å²) in [6, 6.07) is 1.82. The fourth-order valence-electron chi connectivity index (χ4n) is 3.88. The lowest BCUT2D eigenvalue weighted by molar-refractivity contribution is -0.140. The van der Waals surface area contributed by atoms with Gasteiger partial charge in [-0.1, -0.05) is 0 Å². The number of pyridine rings is 2. The average Bonchev–Trinajstić information content (AvgIpc) is 3.48. The third-order valence-corrected chi connectivity index (χ3v) is 7.43. The highest BCUT2D eigenvalue weighted by Crippen LogP contribution is 2.39. The summed E-state index contributed by atoms with van der Waals surface area (Å²) in [5.41, 5.74) is -1.76. The van der Waals surface area contributed by atoms with Crippen LogP contribution in [0, 0.1) is 11.6 Å². The van der Waals surface area contributed by atoms with E-state index in [1.807, 2.05) is 4.57 Å². The van der Waals surface area contributed by atoms with Crippen LogP contribution in [0.5, 0.6) is 0 Å². The summed E-state index contributed by atoms with van der Waals surface area (Å²) in [5.74, 6) is -2.03. The Kier molecular flexibility index (Phi) is 5.28. The predicted molar refractivity (Wildman–Crippen MR) is 109 cm³/mol. The number of nitrogens with one attached hydrogen (secondary N) is 1. The van der Waals surface area contributed by atoms with E-state index in [9.17, 15) is 21.8 Å². The van der Waals surface area contributed by atoms with Crippen LogP contribution in [0.4, 0.5) is 22.0 Å². The number of nitrogens with zero attached hydrogens (tertiary/aromatic N) is 3. The van der Waals surface area contributed by atoms with Gasteiger partial charge in [0.25, 0.3) is 0 Å². The third kappa shape index (κ3) is 3.92. The van der Waals surface area contributed by atoms with Gasteiger partial charge >= 0.3 is 6.18 Å². The maximum atomic E-state index is 15.1. The summed E-state index contributed by atoms with van der Waals surface area (Å²) in [6.07, 6.45) is 1.87. The molecular formula is C21H19F5N4OS. The summed E-state index contributed by atoms with van der Waals surface area (Å²) in [7, 11) is -1.20. The van der Waals surface area contributed by atoms with Gasteiger partial charge in [0, 0.05) is 35.0 Å². The standard InChI is InChI=1S/C21H19F5N4OS/c22-12-6-16(19(27-9-12)21(24,25)26)18-17(23)7-15-11(8-28-32(31)14-4-5-14)10-30(20(15)29-18)13-2-1-3-13/h6-7,9-10,13-14,28H,1-5,8H2. The minimum absolute atomic E-state index is 0.0960. The Morgan fingerprint density at radius 3 is 2.53 bits per heavy atom. The lowest BCUT2D eigenvalue weighted by Gasteiger charge is -2.27. The van der Waals surface area contributed by atoms with Gasteiger partial charge in [-0.25, -0.2) is 27.7 Å². The Morgan fingerprint density at radius 1 is 1.16 bits per heavy atom. The van der Waals surface area contributed by atoms with E-state index in [-0.39, 0.29) is 17.8 Å². The molecule has 32 heavy (non-hydrogen) atoms. The molecule has 1 atom stereocenters. The molecule has 0 bridgehead atoms. The summed E-state index contributed by atoms with van der Waals surface area (Å²) in [4.78, 5) is 7.39. The van der Waals surface area contributed by atoms with Crippen LogP contribution in [0.15, 0.2) is 24.5 Å². The van der Waals surface area contributed by atoms with E-state index in [2.05, 4.69) is 14.7 Å². The van der Waals surface area contributed by atoms with Crippen LogP contribution in [0.25, 0.3) is 22.3 Å². The molecule has 0 aromatic carbocycles. The van der Waals surface area contributed by atoms with E-state index in [1.165, 1.54) is 0 Å². The molecule has 2 aliphatic rings. The third-order valence-electron chi connectivity index (χ3n) is 5.92. The monoisotopic (exact) mass is 470 g/mol. The zero-order valence-electron chi connectivity index (χ0n) is 16.8. The number of rotatable bonds is 6. The fraction of sp³-hybridized carbons (Fsp3) is 0.429. The van der Waals surface area contributed by atoms with Crippen molar-refractivity contribution in [3.05, 3.63) is 47.4 Å². The molecule has 0 amide bonds. The van der Waals surface area contributed by atoms with Crippen molar-refractivity contribution in [2.75, 3.05) is 0 Å². The highest BCUT2D eigenvalue weighted by Gasteiger charge is 2.37. The van der Waals surface area contributed by atoms with E-state index in [0.717, 1.165) is 38.2 Å². The first kappa shape index (κ1) is 21.4. The highest BCUT2D eigenvalue weighted by atomic mass is 32.2. The molecule has 1 unspecified atom stereocenters. The molecule has 3 aromatic rings. The van der Waals surface area contributed by atoms with Gasteiger partial charge in [0.15, 0.2) is 5.69 Å². The Labute approximate surface area is 182 Å². The zero-order chi connectivity index (χ0) is 22.6. The number of hydrogen-bond acceptors (Lipinski definition) is 3. The molecule has 170 valence electrons. The topological polar surface area (TPSA) is 59.8 Å². The minimum atomic E-state index is -4.90. The van der Waals surface area contributed by atoms with E-state index >= 15 is 4.39 Å². The molecule has 0 saturated heterocycles. The molecule has 2 aliphatic carbocycles. The van der Waals surface area contributed by atoms with Crippen LogP contribution < -0.4 is 4.72 Å². The van der Waals surface area contributed by atoms with Crippen LogP contribution in [0.1, 0.15) is 49.4 Å².